The van der Waals surface area contributed by atoms with Crippen LogP contribution in [-0.4, -0.2) is 83.8 Å². The largest absolute Gasteiger partial charge is 1.00 e. The summed E-state index contributed by atoms with van der Waals surface area (Å²) in [4.78, 5) is 29.3. The van der Waals surface area contributed by atoms with E-state index in [2.05, 4.69) is 0 Å². The summed E-state index contributed by atoms with van der Waals surface area (Å²) >= 11 is 0. The van der Waals surface area contributed by atoms with Crippen LogP contribution < -0.4 is 54.5 Å². The van der Waals surface area contributed by atoms with Crippen molar-refractivity contribution in [1.29, 1.82) is 0 Å². The molecule has 0 amide bonds. The summed E-state index contributed by atoms with van der Waals surface area (Å²) in [5, 5.41) is 19.3. The molecule has 3 aliphatic heterocycles. The third kappa shape index (κ3) is 8.90. The van der Waals surface area contributed by atoms with Gasteiger partial charge < -0.3 is 29.0 Å². The minimum Gasteiger partial charge on any atom is -0.748 e. The second-order valence-corrected chi connectivity index (χ2v) is 16.5. The van der Waals surface area contributed by atoms with E-state index in [0.717, 1.165) is 0 Å². The summed E-state index contributed by atoms with van der Waals surface area (Å²) in [7, 11) is -9.29. The number of carboxylic acid groups (broad SMARTS) is 2. The molecule has 2 aromatic carbocycles. The smallest absolute Gasteiger partial charge is 0.748 e. The fourth-order valence-electron chi connectivity index (χ4n) is 7.11. The van der Waals surface area contributed by atoms with Gasteiger partial charge in [0.25, 0.3) is 0 Å². The summed E-state index contributed by atoms with van der Waals surface area (Å²) in [5.41, 5.74) is 0.776. The van der Waals surface area contributed by atoms with Gasteiger partial charge in [0.2, 0.25) is 5.36 Å². The van der Waals surface area contributed by atoms with Gasteiger partial charge in [0.05, 0.1) is 44.0 Å². The molecule has 0 fully saturated rings. The number of carbonyl (C=O) groups is 2. The van der Waals surface area contributed by atoms with Gasteiger partial charge in [-0.2, -0.15) is 0 Å². The number of nitrogens with zero attached hydrogens (tertiary/aromatic N) is 3. The van der Waals surface area contributed by atoms with E-state index >= 15 is 0 Å². The van der Waals surface area contributed by atoms with Crippen LogP contribution in [0.4, 0.5) is 11.4 Å². The van der Waals surface area contributed by atoms with Gasteiger partial charge in [0.15, 0.2) is 17.0 Å². The predicted octanol–water partition coefficient (Wildman–Crippen LogP) is -0.693. The molecule has 2 aromatic rings. The van der Waals surface area contributed by atoms with Gasteiger partial charge in [-0.25, -0.2) is 26.4 Å². The van der Waals surface area contributed by atoms with Gasteiger partial charge in [-0.1, -0.05) is 0 Å². The van der Waals surface area contributed by atoms with Crippen molar-refractivity contribution in [2.75, 3.05) is 29.5 Å². The van der Waals surface area contributed by atoms with Gasteiger partial charge in [0, 0.05) is 62.2 Å². The van der Waals surface area contributed by atoms with E-state index < -0.39 is 60.7 Å². The van der Waals surface area contributed by atoms with E-state index in [-0.39, 0.29) is 48.0 Å². The summed E-state index contributed by atoms with van der Waals surface area (Å²) < 4.78 is 79.9. The number of hydrogen-bond acceptors (Lipinski definition) is 11. The molecule has 1 unspecified atom stereocenters. The monoisotopic (exact) mass is 727 g/mol. The molecule has 0 radical (unpaired) electrons. The molecule has 2 N–H and O–H groups in total. The summed E-state index contributed by atoms with van der Waals surface area (Å²) in [6.45, 7) is 8.13. The molecule has 49 heavy (non-hydrogen) atoms. The topological polar surface area (TPSA) is 217 Å². The van der Waals surface area contributed by atoms with Gasteiger partial charge in [-0.3, -0.25) is 9.59 Å². The van der Waals surface area contributed by atoms with Crippen LogP contribution in [0, 0.1) is 0 Å². The van der Waals surface area contributed by atoms with Crippen LogP contribution in [-0.2, 0) is 29.8 Å². The van der Waals surface area contributed by atoms with Crippen molar-refractivity contribution in [2.45, 2.75) is 76.8 Å². The minimum atomic E-state index is -4.68. The number of benzene rings is 2. The van der Waals surface area contributed by atoms with Crippen LogP contribution in [0.2, 0.25) is 0 Å². The first-order chi connectivity index (χ1) is 22.1. The first-order valence-corrected chi connectivity index (χ1v) is 18.6. The van der Waals surface area contributed by atoms with Crippen LogP contribution in [0.1, 0.15) is 76.8 Å². The molecule has 5 rings (SSSR count). The van der Waals surface area contributed by atoms with Crippen molar-refractivity contribution < 1.29 is 80.0 Å². The van der Waals surface area contributed by atoms with E-state index in [9.17, 15) is 45.7 Å². The summed E-state index contributed by atoms with van der Waals surface area (Å²) in [5.74, 6) is -3.33. The zero-order valence-electron chi connectivity index (χ0n) is 28.1. The molecule has 0 bridgehead atoms. The van der Waals surface area contributed by atoms with Gasteiger partial charge in [-0.05, 0) is 56.0 Å². The maximum Gasteiger partial charge on any atom is 1.00 e. The predicted molar refractivity (Wildman–Crippen MR) is 173 cm³/mol. The molecule has 0 spiro atoms. The average molecular weight is 728 g/mol. The Morgan fingerprint density at radius 1 is 0.980 bits per heavy atom. The zero-order chi connectivity index (χ0) is 35.4. The van der Waals surface area contributed by atoms with Crippen LogP contribution in [0.25, 0.3) is 5.57 Å². The number of rotatable bonds is 12. The molecule has 0 saturated carbocycles. The molecule has 0 aromatic heterocycles. The van der Waals surface area contributed by atoms with Gasteiger partial charge in [-0.15, -0.1) is 0 Å². The number of carboxylic acids is 2. The standard InChI is InChI=1S/C32H39N3O11S2.Na/c1-31(2)15-19(17-47(40,41)42)21-11-23-27(13-25(21)34(31)9-5-7-29(36)37)46-28-14-26-22(12-24(28)33-23)20(18-48(43,44)45)16-32(3,4)35(26)10-6-8-30(38)39;/h11-15,20H,5-10,16-18H2,1-4H3,(H3-,36,37,38,39,40,41,42,43,44,45);/q;+1/p-1. The molecular formula is C32H38N3NaO11S2. The van der Waals surface area contributed by atoms with E-state index in [4.69, 9.17) is 9.73 Å². The van der Waals surface area contributed by atoms with Crippen molar-refractivity contribution in [3.8, 4) is 11.5 Å². The second-order valence-electron chi connectivity index (χ2n) is 13.7. The van der Waals surface area contributed by atoms with Crippen molar-refractivity contribution in [3.63, 3.8) is 0 Å². The first-order valence-electron chi connectivity index (χ1n) is 15.5. The molecule has 17 heteroatoms. The van der Waals surface area contributed by atoms with Crippen molar-refractivity contribution in [2.24, 2.45) is 4.99 Å². The Hall–Kier alpha value is -2.86. The van der Waals surface area contributed by atoms with Gasteiger partial charge in [0.1, 0.15) is 17.6 Å². The molecule has 3 heterocycles. The van der Waals surface area contributed by atoms with Crippen LogP contribution in [0.3, 0.4) is 0 Å². The number of anilines is 1. The van der Waals surface area contributed by atoms with Gasteiger partial charge >= 0.3 is 41.5 Å². The van der Waals surface area contributed by atoms with E-state index in [1.54, 1.807) is 30.3 Å². The third-order valence-electron chi connectivity index (χ3n) is 9.00. The number of ether oxygens (including phenoxy) is 1. The number of hydrogen-bond donors (Lipinski definition) is 2. The maximum atomic E-state index is 12.0. The fourth-order valence-corrected chi connectivity index (χ4v) is 8.52. The SMILES string of the molecule is CC1(C)CC(CS(=O)(=O)[O-])c2cc3c(cc2N1CCCC(=O)O)Oc1cc2c(cc1=N3)C(CS(=O)(=O)[O-])=CC(C)(C)[N+]=2CCCC(=O)O.[Na+]. The molecule has 14 nitrogen and oxygen atoms in total. The first kappa shape index (κ1) is 38.9. The minimum absolute atomic E-state index is 0. The Morgan fingerprint density at radius 2 is 1.63 bits per heavy atom. The van der Waals surface area contributed by atoms with Crippen LogP contribution >= 0.6 is 0 Å². The molecule has 0 saturated heterocycles. The zero-order valence-corrected chi connectivity index (χ0v) is 31.7. The van der Waals surface area contributed by atoms with Crippen LogP contribution in [0.15, 0.2) is 35.3 Å². The Labute approximate surface area is 307 Å². The molecule has 3 aliphatic rings. The number of aliphatic carboxylic acids is 2. The molecule has 1 atom stereocenters. The quantitative estimate of drug-likeness (QED) is 0.135. The van der Waals surface area contributed by atoms with Crippen molar-refractivity contribution in [3.05, 3.63) is 52.2 Å². The third-order valence-corrected chi connectivity index (χ3v) is 10.5. The second kappa shape index (κ2) is 14.0. The summed E-state index contributed by atoms with van der Waals surface area (Å²) in [6.07, 6.45) is 2.45. The Balaban J connectivity index is 0.00000541. The summed E-state index contributed by atoms with van der Waals surface area (Å²) in [6, 6.07) is 6.68. The number of fused-ring (bicyclic) bond motifs is 4. The maximum absolute atomic E-state index is 12.0. The molecular weight excluding hydrogens is 689 g/mol. The van der Waals surface area contributed by atoms with Crippen LogP contribution in [0.5, 0.6) is 11.5 Å². The Morgan fingerprint density at radius 3 is 2.24 bits per heavy atom. The average Bonchev–Trinajstić information content (AvgIpc) is 2.91. The van der Waals surface area contributed by atoms with E-state index in [1.807, 2.05) is 37.2 Å². The van der Waals surface area contributed by atoms with E-state index in [0.29, 0.717) is 77.1 Å². The van der Waals surface area contributed by atoms with Crippen molar-refractivity contribution in [1.82, 2.24) is 4.58 Å². The van der Waals surface area contributed by atoms with E-state index in [1.165, 1.54) is 0 Å². The Bertz CT molecular complexity index is 2080. The Kier molecular flexibility index (Phi) is 11.2. The molecule has 0 aliphatic carbocycles. The fraction of sp³-hybridized carbons (Fsp3) is 0.500. The molecule has 260 valence electrons. The van der Waals surface area contributed by atoms with Crippen molar-refractivity contribution >= 4 is 49.1 Å². The normalized spacial score (nSPS) is 18.7.